The molecule has 18 aromatic rings. The number of nitrogens with zero attached hydrogens (tertiary/aromatic N) is 6. The van der Waals surface area contributed by atoms with E-state index >= 15 is 0 Å². The third-order valence-electron chi connectivity index (χ3n) is 27.0. The van der Waals surface area contributed by atoms with Crippen molar-refractivity contribution >= 4 is 180 Å². The molecule has 0 unspecified atom stereocenters. The van der Waals surface area contributed by atoms with Crippen molar-refractivity contribution in [2.45, 2.75) is 75.5 Å². The number of rotatable bonds is 15. The van der Waals surface area contributed by atoms with Crippen LogP contribution in [0, 0.1) is 0 Å². The van der Waals surface area contributed by atoms with Crippen molar-refractivity contribution in [3.63, 3.8) is 0 Å². The predicted molar refractivity (Wildman–Crippen MR) is 516 cm³/mol. The summed E-state index contributed by atoms with van der Waals surface area (Å²) in [5.74, 6) is 1.10. The molecule has 0 N–H and O–H groups in total. The maximum absolute atomic E-state index is 7.51. The summed E-state index contributed by atoms with van der Waals surface area (Å²) < 4.78 is 10.2. The van der Waals surface area contributed by atoms with Gasteiger partial charge in [0.1, 0.15) is 5.58 Å². The second-order valence-electron chi connectivity index (χ2n) is 33.9. The first kappa shape index (κ1) is 72.0. The van der Waals surface area contributed by atoms with Crippen LogP contribution in [0.3, 0.4) is 0 Å². The molecule has 582 valence electrons. The lowest BCUT2D eigenvalue weighted by Crippen LogP contribution is -2.61. The molecular weight excluding hydrogens is 1500 g/mol. The van der Waals surface area contributed by atoms with Crippen LogP contribution in [0.2, 0.25) is 0 Å². The molecule has 2 fully saturated rings. The van der Waals surface area contributed by atoms with E-state index in [0.29, 0.717) is 11.8 Å². The van der Waals surface area contributed by atoms with Gasteiger partial charge < -0.3 is 33.8 Å². The summed E-state index contributed by atoms with van der Waals surface area (Å²) in [6.07, 6.45) is 10.4. The summed E-state index contributed by atoms with van der Waals surface area (Å²) in [7, 11) is 0. The highest BCUT2D eigenvalue weighted by molar-refractivity contribution is 7.33. The molecule has 24 rings (SSSR count). The molecule has 122 heavy (non-hydrogen) atoms. The third kappa shape index (κ3) is 12.1. The van der Waals surface area contributed by atoms with Crippen molar-refractivity contribution in [1.29, 1.82) is 0 Å². The molecule has 0 saturated heterocycles. The summed E-state index contributed by atoms with van der Waals surface area (Å²) >= 11 is 1.97. The van der Waals surface area contributed by atoms with Gasteiger partial charge in [-0.1, -0.05) is 238 Å². The molecule has 0 spiro atoms. The summed E-state index contributed by atoms with van der Waals surface area (Å²) in [6, 6.07) is 148. The van der Waals surface area contributed by atoms with Crippen molar-refractivity contribution in [1.82, 2.24) is 0 Å². The fraction of sp³-hybridized carbons (Fsp3) is 0.107. The number of benzene rings is 16. The quantitative estimate of drug-likeness (QED) is 0.0946. The molecule has 2 aliphatic carbocycles. The summed E-state index contributed by atoms with van der Waals surface area (Å²) in [4.78, 5) is 15.4. The van der Waals surface area contributed by atoms with Crippen molar-refractivity contribution in [2.75, 3.05) is 29.4 Å². The lowest BCUT2D eigenvalue weighted by atomic mass is 9.35. The third-order valence-corrected chi connectivity index (χ3v) is 28.3. The molecular formula is C112H86B2N6OS. The van der Waals surface area contributed by atoms with Crippen molar-refractivity contribution < 1.29 is 4.42 Å². The van der Waals surface area contributed by atoms with Crippen LogP contribution in [0.4, 0.5) is 102 Å². The maximum Gasteiger partial charge on any atom is 0.297 e. The minimum Gasteiger partial charge on any atom is -0.468 e. The van der Waals surface area contributed by atoms with Crippen LogP contribution in [0.1, 0.15) is 92.2 Å². The Balaban J connectivity index is 0.630. The maximum atomic E-state index is 7.51. The molecule has 7 nitrogen and oxygen atoms in total. The van der Waals surface area contributed by atoms with Gasteiger partial charge in [0.05, 0.1) is 17.0 Å². The predicted octanol–water partition coefficient (Wildman–Crippen LogP) is 27.6. The zero-order valence-corrected chi connectivity index (χ0v) is 68.6. The van der Waals surface area contributed by atoms with Gasteiger partial charge in [-0.15, -0.1) is 11.3 Å². The molecule has 0 amide bonds. The van der Waals surface area contributed by atoms with Crippen LogP contribution in [0.15, 0.2) is 399 Å². The highest BCUT2D eigenvalue weighted by Gasteiger charge is 2.50. The van der Waals surface area contributed by atoms with E-state index in [1.807, 2.05) is 11.3 Å². The molecule has 6 aliphatic rings. The van der Waals surface area contributed by atoms with E-state index in [1.165, 1.54) is 142 Å². The van der Waals surface area contributed by atoms with E-state index in [4.69, 9.17) is 4.42 Å². The van der Waals surface area contributed by atoms with Crippen LogP contribution in [0.5, 0.6) is 0 Å². The van der Waals surface area contributed by atoms with Gasteiger partial charge in [-0.2, -0.15) is 0 Å². The molecule has 2 aromatic heterocycles. The average Bonchev–Trinajstić information content (AvgIpc) is 1.30. The minimum absolute atomic E-state index is 0.0648. The van der Waals surface area contributed by atoms with Crippen molar-refractivity contribution in [3.05, 3.63) is 411 Å². The highest BCUT2D eigenvalue weighted by atomic mass is 32.1. The molecule has 0 bridgehead atoms. The average molecular weight is 1590 g/mol. The Morgan fingerprint density at radius 2 is 0.664 bits per heavy atom. The zero-order valence-electron chi connectivity index (χ0n) is 67.8. The second-order valence-corrected chi connectivity index (χ2v) is 35.0. The zero-order chi connectivity index (χ0) is 80.3. The van der Waals surface area contributed by atoms with Crippen LogP contribution in [-0.2, 0) is 0 Å². The number of para-hydroxylation sites is 6. The Kier molecular flexibility index (Phi) is 17.7. The van der Waals surface area contributed by atoms with E-state index in [0.717, 1.165) is 110 Å². The van der Waals surface area contributed by atoms with Crippen molar-refractivity contribution in [3.8, 4) is 22.3 Å². The Bertz CT molecular complexity index is 6970. The monoisotopic (exact) mass is 1580 g/mol. The number of anilines is 18. The van der Waals surface area contributed by atoms with Gasteiger partial charge in [-0.05, 0) is 293 Å². The molecule has 4 aliphatic heterocycles. The SMILES string of the molecule is c1ccc(-c2cccc(N3c4cc(C5CCC(c6cccc(N(c7ccccc7)c7ccc8c(c7)B7c9sc%10ccccc%10c9N(c9cccc(-c%10ccccc%10)c9)c9cc(C%10CCCCC%10)cc(c97)N8c7ccccc7)c6)CC5)cc5c4B(c4cc(N(c6ccccc6)c6ccccc6)ccc4N5c4ccccc4)c4oc5ccccc5c43)c2)cc1. The van der Waals surface area contributed by atoms with Crippen LogP contribution in [0.25, 0.3) is 43.3 Å². The van der Waals surface area contributed by atoms with Gasteiger partial charge in [-0.25, -0.2) is 0 Å². The fourth-order valence-electron chi connectivity index (χ4n) is 21.5. The Labute approximate surface area is 718 Å². The van der Waals surface area contributed by atoms with Gasteiger partial charge in [0.15, 0.2) is 0 Å². The van der Waals surface area contributed by atoms with Gasteiger partial charge in [-0.3, -0.25) is 0 Å². The summed E-state index contributed by atoms with van der Waals surface area (Å²) in [6.45, 7) is -0.326. The Hall–Kier alpha value is -14.1. The van der Waals surface area contributed by atoms with Crippen molar-refractivity contribution in [2.24, 2.45) is 0 Å². The molecule has 0 radical (unpaired) electrons. The summed E-state index contributed by atoms with van der Waals surface area (Å²) in [5.41, 5.74) is 36.8. The highest BCUT2D eigenvalue weighted by Crippen LogP contribution is 2.55. The molecule has 6 heterocycles. The number of fused-ring (bicyclic) bond motifs is 12. The van der Waals surface area contributed by atoms with Gasteiger partial charge in [0, 0.05) is 111 Å². The van der Waals surface area contributed by atoms with E-state index < -0.39 is 0 Å². The smallest absolute Gasteiger partial charge is 0.297 e. The number of thiophene rings is 1. The van der Waals surface area contributed by atoms with E-state index in [-0.39, 0.29) is 19.3 Å². The minimum atomic E-state index is -0.261. The van der Waals surface area contributed by atoms with E-state index in [1.54, 1.807) is 0 Å². The van der Waals surface area contributed by atoms with E-state index in [9.17, 15) is 0 Å². The molecule has 10 heteroatoms. The Morgan fingerprint density at radius 1 is 0.270 bits per heavy atom. The van der Waals surface area contributed by atoms with Gasteiger partial charge >= 0.3 is 0 Å². The van der Waals surface area contributed by atoms with Crippen LogP contribution >= 0.6 is 11.3 Å². The molecule has 2 saturated carbocycles. The number of hydrogen-bond donors (Lipinski definition) is 0. The van der Waals surface area contributed by atoms with Crippen LogP contribution < -0.4 is 61.7 Å². The van der Waals surface area contributed by atoms with Gasteiger partial charge in [0.2, 0.25) is 0 Å². The number of furan rings is 1. The fourth-order valence-corrected chi connectivity index (χ4v) is 22.8. The second kappa shape index (κ2) is 30.0. The van der Waals surface area contributed by atoms with Gasteiger partial charge in [0.25, 0.3) is 13.4 Å². The topological polar surface area (TPSA) is 32.6 Å². The van der Waals surface area contributed by atoms with E-state index in [2.05, 4.69) is 424 Å². The lowest BCUT2D eigenvalue weighted by molar-refractivity contribution is 0.396. The lowest BCUT2D eigenvalue weighted by Gasteiger charge is -2.44. The molecule has 0 atom stereocenters. The number of hydrogen-bond acceptors (Lipinski definition) is 8. The normalized spacial score (nSPS) is 15.6. The standard InChI is InChI=1S/C112H86B2N6OS/c1-9-32-75(33-10-1)80-38-30-52-91(67-80)119-103-72-84(70-101-107(103)113(111-109(119)95-54-25-27-56-105(95)121-111)97-73-93(62-64-99(97)117(101)88-47-21-7-22-48-88)115(85-41-15-4-16-42-85)86-43-17-5-18-44-86)79-60-58-78(59-61-79)82-40-29-51-90(66-82)116(87-45-19-6-20-46-87)94-63-65-100-98(74-94)114-108-102(118(100)89-49-23-8-24-50-89)69-83(77-36-13-3-14-37-77)71-104(108)120(110-96-55-26-28-57-106(96)122-112(110)114)92-53-31-39-81(68-92)76-34-11-2-12-35-76/h1-2,4-12,15-35,38-57,62-74,77-79H,3,13-14,36-37,58-61H2. The first-order valence-corrected chi connectivity index (χ1v) is 44.5. The first-order valence-electron chi connectivity index (χ1n) is 43.7. The first-order chi connectivity index (χ1) is 60.5. The summed E-state index contributed by atoms with van der Waals surface area (Å²) in [5, 5.41) is 2.38. The van der Waals surface area contributed by atoms with Crippen LogP contribution in [-0.4, -0.2) is 13.4 Å². The molecule has 16 aromatic carbocycles. The largest absolute Gasteiger partial charge is 0.468 e. The Morgan fingerprint density at radius 3 is 1.20 bits per heavy atom.